The summed E-state index contributed by atoms with van der Waals surface area (Å²) in [4.78, 5) is 11.9. The summed E-state index contributed by atoms with van der Waals surface area (Å²) < 4.78 is 9.52. The van der Waals surface area contributed by atoms with Crippen LogP contribution in [0.2, 0.25) is 0 Å². The summed E-state index contributed by atoms with van der Waals surface area (Å²) >= 11 is 0. The summed E-state index contributed by atoms with van der Waals surface area (Å²) in [6.45, 7) is 1.56. The maximum Gasteiger partial charge on any atom is 0.344 e. The fourth-order valence-electron chi connectivity index (χ4n) is 3.21. The molecule has 0 saturated heterocycles. The number of ether oxygens (including phenoxy) is 1. The molecule has 0 bridgehead atoms. The summed E-state index contributed by atoms with van der Waals surface area (Å²) in [5.74, 6) is -0.235. The van der Waals surface area contributed by atoms with Gasteiger partial charge in [0.25, 0.3) is 0 Å². The molecule has 4 nitrogen and oxygen atoms in total. The molecule has 3 rings (SSSR count). The van der Waals surface area contributed by atoms with Gasteiger partial charge < -0.3 is 33.3 Å². The first-order valence-electron chi connectivity index (χ1n) is 9.40. The standard InChI is InChI=1S/C22H27N2O2.HI/c1-23-14-9-11-20(18-23)22(25)26-17-8-4-2-3-7-15-24-16-13-19-10-5-6-12-21(19)24;/h5-6,9-14,16,18H,2-4,7-8,15,17H2,1H3;1H/q+1;/p-1. The van der Waals surface area contributed by atoms with Gasteiger partial charge in [0.2, 0.25) is 0 Å². The van der Waals surface area contributed by atoms with Crippen LogP contribution in [0.15, 0.2) is 61.1 Å². The Morgan fingerprint density at radius 2 is 1.78 bits per heavy atom. The number of rotatable bonds is 9. The highest BCUT2D eigenvalue weighted by atomic mass is 127. The second kappa shape index (κ2) is 11.1. The van der Waals surface area contributed by atoms with Gasteiger partial charge in [0.1, 0.15) is 12.6 Å². The summed E-state index contributed by atoms with van der Waals surface area (Å²) in [6, 6.07) is 14.3. The Hall–Kier alpha value is -1.89. The Morgan fingerprint density at radius 3 is 2.63 bits per heavy atom. The molecule has 0 spiro atoms. The molecule has 0 saturated carbocycles. The third kappa shape index (κ3) is 6.34. The number of aromatic nitrogens is 2. The van der Waals surface area contributed by atoms with Gasteiger partial charge in [-0.05, 0) is 36.4 Å². The van der Waals surface area contributed by atoms with Crippen molar-refractivity contribution in [3.63, 3.8) is 0 Å². The van der Waals surface area contributed by atoms with Gasteiger partial charge in [0, 0.05) is 24.3 Å². The molecule has 2 heterocycles. The van der Waals surface area contributed by atoms with E-state index in [4.69, 9.17) is 4.74 Å². The lowest BCUT2D eigenvalue weighted by Crippen LogP contribution is -3.00. The Morgan fingerprint density at radius 1 is 1.00 bits per heavy atom. The second-order valence-electron chi connectivity index (χ2n) is 6.73. The first-order valence-corrected chi connectivity index (χ1v) is 9.40. The molecule has 3 aromatic rings. The van der Waals surface area contributed by atoms with Crippen LogP contribution in [0.3, 0.4) is 0 Å². The SMILES string of the molecule is C[n+]1cccc(C(=O)OCCCCCCCn2ccc3ccccc32)c1.[I-]. The van der Waals surface area contributed by atoms with Crippen molar-refractivity contribution in [2.45, 2.75) is 38.6 Å². The molecule has 0 radical (unpaired) electrons. The third-order valence-electron chi connectivity index (χ3n) is 4.63. The minimum absolute atomic E-state index is 0. The van der Waals surface area contributed by atoms with Crippen molar-refractivity contribution in [3.8, 4) is 0 Å². The molecular formula is C22H27IN2O2. The maximum absolute atomic E-state index is 11.9. The normalized spacial score (nSPS) is 10.6. The lowest BCUT2D eigenvalue weighted by molar-refractivity contribution is -0.671. The zero-order valence-corrected chi connectivity index (χ0v) is 18.0. The van der Waals surface area contributed by atoms with Gasteiger partial charge in [-0.2, -0.15) is 0 Å². The van der Waals surface area contributed by atoms with Crippen molar-refractivity contribution in [2.75, 3.05) is 6.61 Å². The van der Waals surface area contributed by atoms with E-state index in [2.05, 4.69) is 41.1 Å². The highest BCUT2D eigenvalue weighted by Gasteiger charge is 2.09. The van der Waals surface area contributed by atoms with Gasteiger partial charge in [-0.1, -0.05) is 37.5 Å². The zero-order chi connectivity index (χ0) is 18.2. The van der Waals surface area contributed by atoms with E-state index in [1.54, 1.807) is 12.3 Å². The third-order valence-corrected chi connectivity index (χ3v) is 4.63. The molecule has 5 heteroatoms. The fourth-order valence-corrected chi connectivity index (χ4v) is 3.21. The Kier molecular flexibility index (Phi) is 8.78. The van der Waals surface area contributed by atoms with Gasteiger partial charge in [0.05, 0.1) is 6.61 Å². The van der Waals surface area contributed by atoms with Crippen LogP contribution in [-0.4, -0.2) is 17.1 Å². The zero-order valence-electron chi connectivity index (χ0n) is 15.8. The molecule has 0 atom stereocenters. The molecule has 1 aromatic carbocycles. The molecule has 0 aliphatic rings. The molecular weight excluding hydrogens is 451 g/mol. The number of carbonyl (C=O) groups is 1. The largest absolute Gasteiger partial charge is 1.00 e. The van der Waals surface area contributed by atoms with E-state index < -0.39 is 0 Å². The molecule has 27 heavy (non-hydrogen) atoms. The number of aryl methyl sites for hydroxylation is 2. The average Bonchev–Trinajstić information content (AvgIpc) is 3.07. The highest BCUT2D eigenvalue weighted by molar-refractivity contribution is 5.88. The van der Waals surface area contributed by atoms with Crippen LogP contribution in [0.5, 0.6) is 0 Å². The lowest BCUT2D eigenvalue weighted by Gasteiger charge is -2.06. The average molecular weight is 478 g/mol. The van der Waals surface area contributed by atoms with E-state index in [0.717, 1.165) is 19.4 Å². The van der Waals surface area contributed by atoms with Crippen LogP contribution in [0, 0.1) is 0 Å². The van der Waals surface area contributed by atoms with Crippen LogP contribution in [0.25, 0.3) is 10.9 Å². The van der Waals surface area contributed by atoms with Crippen LogP contribution in [-0.2, 0) is 18.3 Å². The smallest absolute Gasteiger partial charge is 0.344 e. The molecule has 0 aliphatic carbocycles. The summed E-state index contributed by atoms with van der Waals surface area (Å²) in [6.07, 6.45) is 11.4. The van der Waals surface area contributed by atoms with Crippen molar-refractivity contribution >= 4 is 16.9 Å². The number of nitrogens with zero attached hydrogens (tertiary/aromatic N) is 2. The number of esters is 1. The van der Waals surface area contributed by atoms with Crippen LogP contribution in [0.1, 0.15) is 42.5 Å². The predicted octanol–water partition coefficient (Wildman–Crippen LogP) is 1.28. The first-order chi connectivity index (χ1) is 12.7. The number of hydrogen-bond acceptors (Lipinski definition) is 2. The molecule has 0 N–H and O–H groups in total. The lowest BCUT2D eigenvalue weighted by atomic mass is 10.1. The van der Waals surface area contributed by atoms with Crippen molar-refractivity contribution in [2.24, 2.45) is 7.05 Å². The fraction of sp³-hybridized carbons (Fsp3) is 0.364. The van der Waals surface area contributed by atoms with Gasteiger partial charge >= 0.3 is 5.97 Å². The maximum atomic E-state index is 11.9. The van der Waals surface area contributed by atoms with E-state index in [1.807, 2.05) is 23.9 Å². The summed E-state index contributed by atoms with van der Waals surface area (Å²) in [7, 11) is 1.90. The van der Waals surface area contributed by atoms with Crippen LogP contribution in [0.4, 0.5) is 0 Å². The molecule has 144 valence electrons. The number of unbranched alkanes of at least 4 members (excludes halogenated alkanes) is 4. The van der Waals surface area contributed by atoms with Crippen molar-refractivity contribution in [1.82, 2.24) is 4.57 Å². The van der Waals surface area contributed by atoms with Crippen molar-refractivity contribution < 1.29 is 38.1 Å². The molecule has 2 aromatic heterocycles. The Balaban J connectivity index is 0.00000261. The predicted molar refractivity (Wildman–Crippen MR) is 103 cm³/mol. The van der Waals surface area contributed by atoms with E-state index >= 15 is 0 Å². The monoisotopic (exact) mass is 478 g/mol. The summed E-state index contributed by atoms with van der Waals surface area (Å²) in [5.41, 5.74) is 1.92. The highest BCUT2D eigenvalue weighted by Crippen LogP contribution is 2.16. The second-order valence-corrected chi connectivity index (χ2v) is 6.73. The van der Waals surface area contributed by atoms with E-state index in [1.165, 1.54) is 30.2 Å². The van der Waals surface area contributed by atoms with E-state index in [0.29, 0.717) is 12.2 Å². The number of halogens is 1. The number of benzene rings is 1. The number of hydrogen-bond donors (Lipinski definition) is 0. The molecule has 0 aliphatic heterocycles. The molecule has 0 fully saturated rings. The van der Waals surface area contributed by atoms with E-state index in [-0.39, 0.29) is 29.9 Å². The molecule has 0 amide bonds. The van der Waals surface area contributed by atoms with Crippen LogP contribution >= 0.6 is 0 Å². The van der Waals surface area contributed by atoms with Gasteiger partial charge in [0.15, 0.2) is 12.4 Å². The number of para-hydroxylation sites is 1. The number of pyridine rings is 1. The van der Waals surface area contributed by atoms with Crippen molar-refractivity contribution in [3.05, 3.63) is 66.6 Å². The topological polar surface area (TPSA) is 35.1 Å². The van der Waals surface area contributed by atoms with Gasteiger partial charge in [-0.25, -0.2) is 9.36 Å². The Labute approximate surface area is 178 Å². The Bertz CT molecular complexity index is 860. The summed E-state index contributed by atoms with van der Waals surface area (Å²) in [5, 5.41) is 1.31. The van der Waals surface area contributed by atoms with E-state index in [9.17, 15) is 4.79 Å². The van der Waals surface area contributed by atoms with Gasteiger partial charge in [-0.3, -0.25) is 0 Å². The minimum atomic E-state index is -0.235. The van der Waals surface area contributed by atoms with Gasteiger partial charge in [-0.15, -0.1) is 0 Å². The van der Waals surface area contributed by atoms with Crippen molar-refractivity contribution in [1.29, 1.82) is 0 Å². The first kappa shape index (κ1) is 21.4. The quantitative estimate of drug-likeness (QED) is 0.201. The van der Waals surface area contributed by atoms with Crippen LogP contribution < -0.4 is 28.5 Å². The number of fused-ring (bicyclic) bond motifs is 1. The molecule has 0 unspecified atom stereocenters. The minimum Gasteiger partial charge on any atom is -1.00 e. The number of carbonyl (C=O) groups excluding carboxylic acids is 1.